The van der Waals surface area contributed by atoms with Crippen LogP contribution in [0.5, 0.6) is 0 Å². The fourth-order valence-electron chi connectivity index (χ4n) is 1.20. The Morgan fingerprint density at radius 3 is 2.83 bits per heavy atom. The van der Waals surface area contributed by atoms with E-state index >= 15 is 0 Å². The molecule has 0 atom stereocenters. The Balaban J connectivity index is 2.60. The van der Waals surface area contributed by atoms with Crippen molar-refractivity contribution in [2.24, 2.45) is 0 Å². The van der Waals surface area contributed by atoms with E-state index in [1.165, 1.54) is 18.4 Å². The third-order valence-electron chi connectivity index (χ3n) is 2.01. The van der Waals surface area contributed by atoms with Gasteiger partial charge in [0.1, 0.15) is 6.54 Å². The van der Waals surface area contributed by atoms with Crippen LogP contribution in [-0.2, 0) is 9.53 Å². The molecule has 0 fully saturated rings. The number of urea groups is 1. The first kappa shape index (κ1) is 14.4. The molecular weight excluding hydrogens is 258 g/mol. The van der Waals surface area contributed by atoms with Gasteiger partial charge in [-0.2, -0.15) is 0 Å². The van der Waals surface area contributed by atoms with Crippen molar-refractivity contribution in [3.8, 4) is 0 Å². The molecule has 0 bridgehead atoms. The zero-order valence-electron chi connectivity index (χ0n) is 10.2. The molecule has 0 aromatic carbocycles. The average molecular weight is 273 g/mol. The number of methoxy groups -OCH3 is 1. The van der Waals surface area contributed by atoms with Crippen LogP contribution >= 0.6 is 11.3 Å². The van der Waals surface area contributed by atoms with Crippen LogP contribution in [0.3, 0.4) is 0 Å². The molecule has 0 aliphatic rings. The van der Waals surface area contributed by atoms with Gasteiger partial charge in [0.2, 0.25) is 0 Å². The summed E-state index contributed by atoms with van der Waals surface area (Å²) in [6, 6.07) is -0.496. The molecule has 7 nitrogen and oxygen atoms in total. The lowest BCUT2D eigenvalue weighted by Gasteiger charge is -2.19. The molecule has 1 heterocycles. The molecular formula is C10H15N3O4S. The predicted molar refractivity (Wildman–Crippen MR) is 67.0 cm³/mol. The number of ether oxygens (including phenoxy) is 1. The first-order valence-corrected chi connectivity index (χ1v) is 6.03. The zero-order valence-corrected chi connectivity index (χ0v) is 11.0. The van der Waals surface area contributed by atoms with E-state index < -0.39 is 12.0 Å². The highest BCUT2D eigenvalue weighted by molar-refractivity contribution is 7.15. The van der Waals surface area contributed by atoms with E-state index in [0.717, 1.165) is 9.78 Å². The molecule has 100 valence electrons. The smallest absolute Gasteiger partial charge is 0.324 e. The number of rotatable bonds is 6. The summed E-state index contributed by atoms with van der Waals surface area (Å²) >= 11 is 1.33. The Labute approximate surface area is 108 Å². The summed E-state index contributed by atoms with van der Waals surface area (Å²) in [7, 11) is 1.49. The molecule has 0 aliphatic carbocycles. The number of amides is 2. The van der Waals surface area contributed by atoms with Crippen molar-refractivity contribution in [3.63, 3.8) is 0 Å². The number of nitrogens with zero attached hydrogens (tertiary/aromatic N) is 2. The first-order valence-electron chi connectivity index (χ1n) is 5.22. The number of carboxylic acid groups (broad SMARTS) is 1. The summed E-state index contributed by atoms with van der Waals surface area (Å²) in [4.78, 5) is 28.6. The van der Waals surface area contributed by atoms with Crippen molar-refractivity contribution in [2.45, 2.75) is 6.92 Å². The summed E-state index contributed by atoms with van der Waals surface area (Å²) in [5.74, 6) is -1.07. The summed E-state index contributed by atoms with van der Waals surface area (Å²) < 4.78 is 4.83. The number of hydrogen-bond donors (Lipinski definition) is 2. The number of hydrogen-bond acceptors (Lipinski definition) is 5. The molecule has 2 amide bonds. The molecule has 1 rings (SSSR count). The van der Waals surface area contributed by atoms with Gasteiger partial charge < -0.3 is 14.7 Å². The van der Waals surface area contributed by atoms with Crippen LogP contribution in [0.2, 0.25) is 0 Å². The highest BCUT2D eigenvalue weighted by Gasteiger charge is 2.17. The highest BCUT2D eigenvalue weighted by Crippen LogP contribution is 2.16. The maximum Gasteiger partial charge on any atom is 0.324 e. The van der Waals surface area contributed by atoms with Crippen molar-refractivity contribution in [3.05, 3.63) is 11.1 Å². The quantitative estimate of drug-likeness (QED) is 0.807. The van der Waals surface area contributed by atoms with Crippen molar-refractivity contribution in [1.82, 2.24) is 9.88 Å². The minimum absolute atomic E-state index is 0.207. The predicted octanol–water partition coefficient (Wildman–Crippen LogP) is 1.02. The van der Waals surface area contributed by atoms with Gasteiger partial charge in [-0.05, 0) is 6.92 Å². The minimum atomic E-state index is -1.07. The Morgan fingerprint density at radius 2 is 2.33 bits per heavy atom. The minimum Gasteiger partial charge on any atom is -0.480 e. The normalized spacial score (nSPS) is 10.1. The summed E-state index contributed by atoms with van der Waals surface area (Å²) in [5.41, 5.74) is 0. The first-order chi connectivity index (χ1) is 8.52. The standard InChI is InChI=1S/C10H15N3O4S/c1-7-5-11-9(18-7)12-10(16)13(3-4-17-2)6-8(14)15/h5H,3-4,6H2,1-2H3,(H,14,15)(H,11,12,16). The van der Waals surface area contributed by atoms with Gasteiger partial charge in [-0.25, -0.2) is 9.78 Å². The number of aliphatic carboxylic acids is 1. The van der Waals surface area contributed by atoms with E-state index in [1.54, 1.807) is 6.20 Å². The zero-order chi connectivity index (χ0) is 13.5. The van der Waals surface area contributed by atoms with E-state index in [9.17, 15) is 9.59 Å². The van der Waals surface area contributed by atoms with E-state index in [2.05, 4.69) is 10.3 Å². The summed E-state index contributed by atoms with van der Waals surface area (Å²) in [6.07, 6.45) is 1.64. The molecule has 2 N–H and O–H groups in total. The van der Waals surface area contributed by atoms with Crippen molar-refractivity contribution in [2.75, 3.05) is 32.1 Å². The topological polar surface area (TPSA) is 91.8 Å². The van der Waals surface area contributed by atoms with Gasteiger partial charge in [0, 0.05) is 24.7 Å². The van der Waals surface area contributed by atoms with Crippen molar-refractivity contribution >= 4 is 28.5 Å². The number of carbonyl (C=O) groups excluding carboxylic acids is 1. The Hall–Kier alpha value is -1.67. The largest absolute Gasteiger partial charge is 0.480 e. The second-order valence-corrected chi connectivity index (χ2v) is 4.75. The fourth-order valence-corrected chi connectivity index (χ4v) is 1.85. The van der Waals surface area contributed by atoms with Gasteiger partial charge in [0.15, 0.2) is 5.13 Å². The molecule has 18 heavy (non-hydrogen) atoms. The number of aromatic nitrogens is 1. The number of aryl methyl sites for hydroxylation is 1. The van der Waals surface area contributed by atoms with E-state index in [-0.39, 0.29) is 19.7 Å². The molecule has 1 aromatic heterocycles. The van der Waals surface area contributed by atoms with E-state index in [0.29, 0.717) is 5.13 Å². The van der Waals surface area contributed by atoms with Crippen LogP contribution in [-0.4, -0.2) is 53.8 Å². The lowest BCUT2D eigenvalue weighted by atomic mass is 10.5. The number of anilines is 1. The fraction of sp³-hybridized carbons (Fsp3) is 0.500. The molecule has 0 saturated carbocycles. The van der Waals surface area contributed by atoms with Gasteiger partial charge in [-0.1, -0.05) is 0 Å². The number of thiazole rings is 1. The molecule has 0 saturated heterocycles. The monoisotopic (exact) mass is 273 g/mol. The second-order valence-electron chi connectivity index (χ2n) is 3.51. The van der Waals surface area contributed by atoms with Crippen molar-refractivity contribution < 1.29 is 19.4 Å². The average Bonchev–Trinajstić information content (AvgIpc) is 2.69. The molecule has 0 aliphatic heterocycles. The third kappa shape index (κ3) is 4.68. The Kier molecular flexibility index (Phi) is 5.53. The number of carbonyl (C=O) groups is 2. The van der Waals surface area contributed by atoms with Crippen molar-refractivity contribution in [1.29, 1.82) is 0 Å². The molecule has 0 unspecified atom stereocenters. The van der Waals surface area contributed by atoms with Crippen LogP contribution in [0.4, 0.5) is 9.93 Å². The maximum atomic E-state index is 11.8. The van der Waals surface area contributed by atoms with E-state index in [4.69, 9.17) is 9.84 Å². The summed E-state index contributed by atoms with van der Waals surface area (Å²) in [5, 5.41) is 11.7. The van der Waals surface area contributed by atoms with Crippen LogP contribution in [0.25, 0.3) is 0 Å². The van der Waals surface area contributed by atoms with Crippen LogP contribution in [0, 0.1) is 6.92 Å². The van der Waals surface area contributed by atoms with Crippen LogP contribution in [0.1, 0.15) is 4.88 Å². The lowest BCUT2D eigenvalue weighted by Crippen LogP contribution is -2.40. The van der Waals surface area contributed by atoms with Gasteiger partial charge in [0.25, 0.3) is 0 Å². The van der Waals surface area contributed by atoms with Gasteiger partial charge in [-0.3, -0.25) is 10.1 Å². The van der Waals surface area contributed by atoms with Gasteiger partial charge in [0.05, 0.1) is 6.61 Å². The summed E-state index contributed by atoms with van der Waals surface area (Å²) in [6.45, 7) is 1.98. The van der Waals surface area contributed by atoms with Crippen LogP contribution < -0.4 is 5.32 Å². The molecule has 1 aromatic rings. The Morgan fingerprint density at radius 1 is 1.61 bits per heavy atom. The Bertz CT molecular complexity index is 421. The van der Waals surface area contributed by atoms with Gasteiger partial charge in [-0.15, -0.1) is 11.3 Å². The third-order valence-corrected chi connectivity index (χ3v) is 2.84. The number of nitrogens with one attached hydrogen (secondary N) is 1. The SMILES string of the molecule is COCCN(CC(=O)O)C(=O)Nc1ncc(C)s1. The second kappa shape index (κ2) is 6.92. The van der Waals surface area contributed by atoms with Gasteiger partial charge >= 0.3 is 12.0 Å². The lowest BCUT2D eigenvalue weighted by molar-refractivity contribution is -0.137. The number of carboxylic acids is 1. The van der Waals surface area contributed by atoms with Crippen LogP contribution in [0.15, 0.2) is 6.20 Å². The maximum absolute atomic E-state index is 11.8. The molecule has 0 radical (unpaired) electrons. The highest BCUT2D eigenvalue weighted by atomic mass is 32.1. The molecule has 0 spiro atoms. The van der Waals surface area contributed by atoms with E-state index in [1.807, 2.05) is 6.92 Å². The molecule has 8 heteroatoms.